The molecule has 0 fully saturated rings. The Morgan fingerprint density at radius 2 is 2.36 bits per heavy atom. The van der Waals surface area contributed by atoms with E-state index in [1.807, 2.05) is 13.0 Å². The number of pyridine rings is 1. The Labute approximate surface area is 79.8 Å². The van der Waals surface area contributed by atoms with Crippen molar-refractivity contribution in [2.45, 2.75) is 13.3 Å². The van der Waals surface area contributed by atoms with Crippen molar-refractivity contribution in [1.29, 1.82) is 0 Å². The number of aromatic amines is 1. The van der Waals surface area contributed by atoms with Crippen LogP contribution in [0.4, 0.5) is 0 Å². The lowest BCUT2D eigenvalue weighted by atomic mass is 10.2. The average Bonchev–Trinajstić information content (AvgIpc) is 2.59. The number of carboxylic acid groups (broad SMARTS) is 1. The summed E-state index contributed by atoms with van der Waals surface area (Å²) in [6.07, 6.45) is 0.778. The lowest BCUT2D eigenvalue weighted by Gasteiger charge is -1.95. The number of rotatable bonds is 2. The highest BCUT2D eigenvalue weighted by Gasteiger charge is 2.13. The van der Waals surface area contributed by atoms with Crippen LogP contribution in [0.2, 0.25) is 0 Å². The molecule has 5 heteroatoms. The Morgan fingerprint density at radius 1 is 1.57 bits per heavy atom. The van der Waals surface area contributed by atoms with Gasteiger partial charge in [-0.1, -0.05) is 6.92 Å². The minimum absolute atomic E-state index is 0.0182. The van der Waals surface area contributed by atoms with Gasteiger partial charge in [-0.25, -0.2) is 9.78 Å². The van der Waals surface area contributed by atoms with Crippen molar-refractivity contribution < 1.29 is 9.90 Å². The van der Waals surface area contributed by atoms with E-state index >= 15 is 0 Å². The molecule has 0 spiro atoms. The minimum Gasteiger partial charge on any atom is -0.476 e. The molecule has 2 rings (SSSR count). The van der Waals surface area contributed by atoms with E-state index < -0.39 is 5.97 Å². The molecule has 2 heterocycles. The Morgan fingerprint density at radius 3 is 3.00 bits per heavy atom. The van der Waals surface area contributed by atoms with E-state index in [1.165, 1.54) is 0 Å². The van der Waals surface area contributed by atoms with E-state index in [-0.39, 0.29) is 5.69 Å². The molecule has 0 saturated carbocycles. The first-order valence-electron chi connectivity index (χ1n) is 4.29. The van der Waals surface area contributed by atoms with Gasteiger partial charge in [0, 0.05) is 5.69 Å². The van der Waals surface area contributed by atoms with E-state index in [1.54, 1.807) is 6.07 Å². The van der Waals surface area contributed by atoms with Crippen molar-refractivity contribution in [1.82, 2.24) is 15.2 Å². The highest BCUT2D eigenvalue weighted by atomic mass is 16.4. The number of carboxylic acids is 1. The average molecular weight is 191 g/mol. The molecule has 5 nitrogen and oxygen atoms in total. The number of H-pyrrole nitrogens is 1. The number of aromatic nitrogens is 3. The quantitative estimate of drug-likeness (QED) is 0.747. The summed E-state index contributed by atoms with van der Waals surface area (Å²) in [6, 6.07) is 3.65. The predicted molar refractivity (Wildman–Crippen MR) is 50.2 cm³/mol. The second-order valence-electron chi connectivity index (χ2n) is 2.93. The van der Waals surface area contributed by atoms with Gasteiger partial charge in [0.15, 0.2) is 5.69 Å². The molecule has 0 aromatic carbocycles. The van der Waals surface area contributed by atoms with Crippen molar-refractivity contribution >= 4 is 17.0 Å². The minimum atomic E-state index is -1.06. The van der Waals surface area contributed by atoms with Crippen molar-refractivity contribution in [3.63, 3.8) is 0 Å². The van der Waals surface area contributed by atoms with Gasteiger partial charge in [-0.3, -0.25) is 5.10 Å². The molecular weight excluding hydrogens is 182 g/mol. The third kappa shape index (κ3) is 1.22. The van der Waals surface area contributed by atoms with Gasteiger partial charge in [-0.05, 0) is 18.6 Å². The number of nitrogens with zero attached hydrogens (tertiary/aromatic N) is 2. The van der Waals surface area contributed by atoms with Gasteiger partial charge in [0.25, 0.3) is 0 Å². The second kappa shape index (κ2) is 3.10. The van der Waals surface area contributed by atoms with E-state index in [0.717, 1.165) is 12.1 Å². The van der Waals surface area contributed by atoms with Crippen LogP contribution in [0.5, 0.6) is 0 Å². The van der Waals surface area contributed by atoms with Crippen LogP contribution in [0, 0.1) is 0 Å². The molecule has 0 unspecified atom stereocenters. The summed E-state index contributed by atoms with van der Waals surface area (Å²) in [5.41, 5.74) is 1.92. The molecule has 0 bridgehead atoms. The lowest BCUT2D eigenvalue weighted by Crippen LogP contribution is -1.98. The molecule has 0 aliphatic carbocycles. The Balaban J connectivity index is 2.69. The zero-order valence-corrected chi connectivity index (χ0v) is 7.61. The molecule has 2 N–H and O–H groups in total. The molecule has 0 atom stereocenters. The monoisotopic (exact) mass is 191 g/mol. The number of fused-ring (bicyclic) bond motifs is 1. The first-order valence-corrected chi connectivity index (χ1v) is 4.29. The first-order chi connectivity index (χ1) is 6.72. The van der Waals surface area contributed by atoms with Crippen LogP contribution < -0.4 is 0 Å². The lowest BCUT2D eigenvalue weighted by molar-refractivity contribution is 0.0692. The fraction of sp³-hybridized carbons (Fsp3) is 0.222. The SMILES string of the molecule is CCc1ccc2[nH]nc(C(=O)O)c2n1. The summed E-state index contributed by atoms with van der Waals surface area (Å²) in [4.78, 5) is 15.0. The number of hydrogen-bond donors (Lipinski definition) is 2. The summed E-state index contributed by atoms with van der Waals surface area (Å²) >= 11 is 0. The number of aryl methyl sites for hydroxylation is 1. The molecule has 0 amide bonds. The second-order valence-corrected chi connectivity index (χ2v) is 2.93. The third-order valence-electron chi connectivity index (χ3n) is 2.03. The van der Waals surface area contributed by atoms with E-state index in [4.69, 9.17) is 5.11 Å². The van der Waals surface area contributed by atoms with Crippen LogP contribution in [0.15, 0.2) is 12.1 Å². The number of aromatic carboxylic acids is 1. The highest BCUT2D eigenvalue weighted by molar-refractivity contribution is 5.98. The molecule has 2 aromatic heterocycles. The van der Waals surface area contributed by atoms with Gasteiger partial charge in [0.05, 0.1) is 5.52 Å². The van der Waals surface area contributed by atoms with E-state index in [2.05, 4.69) is 15.2 Å². The summed E-state index contributed by atoms with van der Waals surface area (Å²) in [5.74, 6) is -1.06. The van der Waals surface area contributed by atoms with Gasteiger partial charge in [-0.15, -0.1) is 0 Å². The molecule has 0 aliphatic rings. The van der Waals surface area contributed by atoms with E-state index in [9.17, 15) is 4.79 Å². The number of hydrogen-bond acceptors (Lipinski definition) is 3. The van der Waals surface area contributed by atoms with Gasteiger partial charge in [0.1, 0.15) is 5.52 Å². The molecule has 0 saturated heterocycles. The fourth-order valence-corrected chi connectivity index (χ4v) is 1.29. The summed E-state index contributed by atoms with van der Waals surface area (Å²) < 4.78 is 0. The summed E-state index contributed by atoms with van der Waals surface area (Å²) in [5, 5.41) is 15.1. The van der Waals surface area contributed by atoms with Crippen molar-refractivity contribution in [3.05, 3.63) is 23.5 Å². The first kappa shape index (κ1) is 8.68. The van der Waals surface area contributed by atoms with E-state index in [0.29, 0.717) is 11.0 Å². The number of carbonyl (C=O) groups is 1. The molecule has 0 aliphatic heterocycles. The van der Waals surface area contributed by atoms with Crippen LogP contribution in [-0.2, 0) is 6.42 Å². The Hall–Kier alpha value is -1.91. The Kier molecular flexibility index (Phi) is 1.92. The maximum absolute atomic E-state index is 10.8. The third-order valence-corrected chi connectivity index (χ3v) is 2.03. The molecule has 2 aromatic rings. The van der Waals surface area contributed by atoms with Crippen molar-refractivity contribution in [2.24, 2.45) is 0 Å². The fourth-order valence-electron chi connectivity index (χ4n) is 1.29. The zero-order valence-electron chi connectivity index (χ0n) is 7.61. The Bertz CT molecular complexity index is 490. The van der Waals surface area contributed by atoms with Crippen LogP contribution in [0.25, 0.3) is 11.0 Å². The van der Waals surface area contributed by atoms with Gasteiger partial charge < -0.3 is 5.11 Å². The maximum atomic E-state index is 10.8. The predicted octanol–water partition coefficient (Wildman–Crippen LogP) is 1.22. The topological polar surface area (TPSA) is 78.9 Å². The van der Waals surface area contributed by atoms with Crippen LogP contribution in [-0.4, -0.2) is 26.3 Å². The van der Waals surface area contributed by atoms with Crippen molar-refractivity contribution in [2.75, 3.05) is 0 Å². The molecule has 0 radical (unpaired) electrons. The van der Waals surface area contributed by atoms with Crippen LogP contribution >= 0.6 is 0 Å². The van der Waals surface area contributed by atoms with Crippen LogP contribution in [0.3, 0.4) is 0 Å². The largest absolute Gasteiger partial charge is 0.476 e. The summed E-state index contributed by atoms with van der Waals surface area (Å²) in [6.45, 7) is 1.97. The smallest absolute Gasteiger partial charge is 0.358 e. The molecular formula is C9H9N3O2. The van der Waals surface area contributed by atoms with Crippen LogP contribution in [0.1, 0.15) is 23.1 Å². The van der Waals surface area contributed by atoms with Gasteiger partial charge >= 0.3 is 5.97 Å². The molecule has 14 heavy (non-hydrogen) atoms. The standard InChI is InChI=1S/C9H9N3O2/c1-2-5-3-4-6-7(10-5)8(9(13)14)12-11-6/h3-4H,2H2,1H3,(H,11,12)(H,13,14). The number of nitrogens with one attached hydrogen (secondary N) is 1. The van der Waals surface area contributed by atoms with Gasteiger partial charge in [0.2, 0.25) is 0 Å². The zero-order chi connectivity index (χ0) is 10.1. The maximum Gasteiger partial charge on any atom is 0.358 e. The highest BCUT2D eigenvalue weighted by Crippen LogP contribution is 2.14. The normalized spacial score (nSPS) is 10.6. The molecule has 72 valence electrons. The summed E-state index contributed by atoms with van der Waals surface area (Å²) in [7, 11) is 0. The van der Waals surface area contributed by atoms with Crippen molar-refractivity contribution in [3.8, 4) is 0 Å². The van der Waals surface area contributed by atoms with Gasteiger partial charge in [-0.2, -0.15) is 5.10 Å².